The molecule has 0 aromatic rings. The molecule has 1 unspecified atom stereocenters. The largest absolute Gasteiger partial charge is 0.0773 e. The first kappa shape index (κ1) is 10.6. The Balaban J connectivity index is 2.14. The Kier molecular flexibility index (Phi) is 4.88. The Morgan fingerprint density at radius 2 is 2.00 bits per heavy atom. The van der Waals surface area contributed by atoms with Crippen LogP contribution < -0.4 is 0 Å². The highest BCUT2D eigenvalue weighted by Gasteiger charge is 2.11. The van der Waals surface area contributed by atoms with Gasteiger partial charge in [-0.15, -0.1) is 0 Å². The summed E-state index contributed by atoms with van der Waals surface area (Å²) in [6, 6.07) is 0. The Bertz CT molecular complexity index is 186. The summed E-state index contributed by atoms with van der Waals surface area (Å²) in [5.74, 6) is 0.779. The van der Waals surface area contributed by atoms with Crippen LogP contribution in [-0.2, 0) is 0 Å². The fourth-order valence-corrected chi connectivity index (χ4v) is 2.01. The van der Waals surface area contributed by atoms with E-state index in [1.807, 2.05) is 0 Å². The second-order valence-corrected chi connectivity index (χ2v) is 3.94. The first-order chi connectivity index (χ1) is 6.38. The summed E-state index contributed by atoms with van der Waals surface area (Å²) >= 11 is 0. The SMILES string of the molecule is CCCCCCC1C=CC=C1CC. The van der Waals surface area contributed by atoms with Crippen molar-refractivity contribution in [1.82, 2.24) is 0 Å². The number of hydrogen-bond donors (Lipinski definition) is 0. The molecule has 1 rings (SSSR count). The molecule has 0 spiro atoms. The van der Waals surface area contributed by atoms with E-state index in [1.54, 1.807) is 5.57 Å². The van der Waals surface area contributed by atoms with Gasteiger partial charge in [0.05, 0.1) is 0 Å². The molecule has 0 saturated heterocycles. The molecule has 0 amide bonds. The van der Waals surface area contributed by atoms with Gasteiger partial charge >= 0.3 is 0 Å². The molecule has 74 valence electrons. The topological polar surface area (TPSA) is 0 Å². The first-order valence-corrected chi connectivity index (χ1v) is 5.75. The van der Waals surface area contributed by atoms with Gasteiger partial charge in [-0.05, 0) is 18.8 Å². The van der Waals surface area contributed by atoms with Crippen molar-refractivity contribution in [2.24, 2.45) is 5.92 Å². The van der Waals surface area contributed by atoms with Crippen LogP contribution in [0.3, 0.4) is 0 Å². The average molecular weight is 178 g/mol. The molecule has 0 nitrogen and oxygen atoms in total. The van der Waals surface area contributed by atoms with E-state index in [1.165, 1.54) is 38.5 Å². The zero-order valence-corrected chi connectivity index (χ0v) is 9.05. The Morgan fingerprint density at radius 1 is 1.15 bits per heavy atom. The Hall–Kier alpha value is -0.520. The third-order valence-corrected chi connectivity index (χ3v) is 2.91. The number of unbranched alkanes of at least 4 members (excludes halogenated alkanes) is 3. The van der Waals surface area contributed by atoms with Gasteiger partial charge in [0.1, 0.15) is 0 Å². The third kappa shape index (κ3) is 3.38. The van der Waals surface area contributed by atoms with E-state index in [2.05, 4.69) is 32.1 Å². The molecular weight excluding hydrogens is 156 g/mol. The summed E-state index contributed by atoms with van der Waals surface area (Å²) in [5.41, 5.74) is 1.64. The molecule has 0 aromatic carbocycles. The van der Waals surface area contributed by atoms with E-state index in [-0.39, 0.29) is 0 Å². The van der Waals surface area contributed by atoms with Crippen LogP contribution in [-0.4, -0.2) is 0 Å². The number of rotatable bonds is 6. The highest BCUT2D eigenvalue weighted by atomic mass is 14.2. The van der Waals surface area contributed by atoms with Crippen molar-refractivity contribution >= 4 is 0 Å². The predicted molar refractivity (Wildman–Crippen MR) is 59.8 cm³/mol. The van der Waals surface area contributed by atoms with Gasteiger partial charge in [-0.2, -0.15) is 0 Å². The average Bonchev–Trinajstić information content (AvgIpc) is 2.60. The fourth-order valence-electron chi connectivity index (χ4n) is 2.01. The lowest BCUT2D eigenvalue weighted by atomic mass is 9.94. The van der Waals surface area contributed by atoms with Gasteiger partial charge in [-0.25, -0.2) is 0 Å². The summed E-state index contributed by atoms with van der Waals surface area (Å²) in [7, 11) is 0. The van der Waals surface area contributed by atoms with Gasteiger partial charge in [-0.1, -0.05) is 63.3 Å². The van der Waals surface area contributed by atoms with Gasteiger partial charge in [0.15, 0.2) is 0 Å². The molecule has 0 heteroatoms. The van der Waals surface area contributed by atoms with Crippen molar-refractivity contribution < 1.29 is 0 Å². The maximum Gasteiger partial charge on any atom is -0.00171 e. The lowest BCUT2D eigenvalue weighted by molar-refractivity contribution is 0.571. The van der Waals surface area contributed by atoms with Crippen molar-refractivity contribution in [3.63, 3.8) is 0 Å². The van der Waals surface area contributed by atoms with Crippen molar-refractivity contribution in [2.75, 3.05) is 0 Å². The van der Waals surface area contributed by atoms with Crippen molar-refractivity contribution in [3.8, 4) is 0 Å². The Morgan fingerprint density at radius 3 is 2.69 bits per heavy atom. The van der Waals surface area contributed by atoms with Crippen molar-refractivity contribution in [1.29, 1.82) is 0 Å². The molecule has 1 aliphatic rings. The monoisotopic (exact) mass is 178 g/mol. The molecule has 1 aliphatic carbocycles. The van der Waals surface area contributed by atoms with Crippen molar-refractivity contribution in [3.05, 3.63) is 23.8 Å². The van der Waals surface area contributed by atoms with Crippen LogP contribution in [0.5, 0.6) is 0 Å². The molecule has 0 radical (unpaired) electrons. The standard InChI is InChI=1S/C13H22/c1-3-5-6-7-9-13-11-8-10-12(13)4-2/h8,10-11,13H,3-7,9H2,1-2H3. The van der Waals surface area contributed by atoms with Gasteiger partial charge in [-0.3, -0.25) is 0 Å². The molecule has 0 aliphatic heterocycles. The highest BCUT2D eigenvalue weighted by Crippen LogP contribution is 2.27. The van der Waals surface area contributed by atoms with E-state index < -0.39 is 0 Å². The predicted octanol–water partition coefficient (Wildman–Crippen LogP) is 4.48. The maximum absolute atomic E-state index is 2.37. The summed E-state index contributed by atoms with van der Waals surface area (Å²) in [6.07, 6.45) is 15.1. The number of allylic oxidation sites excluding steroid dienone is 4. The minimum Gasteiger partial charge on any atom is -0.0773 e. The van der Waals surface area contributed by atoms with Gasteiger partial charge < -0.3 is 0 Å². The summed E-state index contributed by atoms with van der Waals surface area (Å²) in [5, 5.41) is 0. The van der Waals surface area contributed by atoms with Gasteiger partial charge in [0, 0.05) is 0 Å². The summed E-state index contributed by atoms with van der Waals surface area (Å²) < 4.78 is 0. The van der Waals surface area contributed by atoms with Gasteiger partial charge in [0.2, 0.25) is 0 Å². The molecule has 1 atom stereocenters. The third-order valence-electron chi connectivity index (χ3n) is 2.91. The maximum atomic E-state index is 2.37. The van der Waals surface area contributed by atoms with Crippen LogP contribution in [0.1, 0.15) is 52.4 Å². The van der Waals surface area contributed by atoms with Crippen LogP contribution in [0.2, 0.25) is 0 Å². The van der Waals surface area contributed by atoms with Gasteiger partial charge in [0.25, 0.3) is 0 Å². The van der Waals surface area contributed by atoms with E-state index in [0.29, 0.717) is 0 Å². The summed E-state index contributed by atoms with van der Waals surface area (Å²) in [6.45, 7) is 4.53. The van der Waals surface area contributed by atoms with E-state index in [9.17, 15) is 0 Å². The van der Waals surface area contributed by atoms with E-state index >= 15 is 0 Å². The van der Waals surface area contributed by atoms with Crippen LogP contribution in [0.4, 0.5) is 0 Å². The Labute approximate surface area is 82.7 Å². The molecule has 0 heterocycles. The highest BCUT2D eigenvalue weighted by molar-refractivity contribution is 5.26. The molecule has 0 bridgehead atoms. The van der Waals surface area contributed by atoms with Crippen LogP contribution >= 0.6 is 0 Å². The van der Waals surface area contributed by atoms with Crippen LogP contribution in [0.25, 0.3) is 0 Å². The number of hydrogen-bond acceptors (Lipinski definition) is 0. The molecule has 13 heavy (non-hydrogen) atoms. The quantitative estimate of drug-likeness (QED) is 0.526. The first-order valence-electron chi connectivity index (χ1n) is 5.75. The zero-order chi connectivity index (χ0) is 9.52. The molecule has 0 aromatic heterocycles. The summed E-state index contributed by atoms with van der Waals surface area (Å²) in [4.78, 5) is 0. The lowest BCUT2D eigenvalue weighted by Gasteiger charge is -2.11. The second-order valence-electron chi connectivity index (χ2n) is 3.94. The smallest absolute Gasteiger partial charge is 0.00171 e. The normalized spacial score (nSPS) is 20.8. The molecular formula is C13H22. The molecule has 0 saturated carbocycles. The molecule has 0 N–H and O–H groups in total. The zero-order valence-electron chi connectivity index (χ0n) is 9.05. The second kappa shape index (κ2) is 6.01. The van der Waals surface area contributed by atoms with Crippen LogP contribution in [0, 0.1) is 5.92 Å². The van der Waals surface area contributed by atoms with E-state index in [0.717, 1.165) is 5.92 Å². The molecule has 0 fully saturated rings. The minimum absolute atomic E-state index is 0.779. The van der Waals surface area contributed by atoms with Crippen LogP contribution in [0.15, 0.2) is 23.8 Å². The minimum atomic E-state index is 0.779. The van der Waals surface area contributed by atoms with E-state index in [4.69, 9.17) is 0 Å². The fraction of sp³-hybridized carbons (Fsp3) is 0.692. The lowest BCUT2D eigenvalue weighted by Crippen LogP contribution is -1.97. The van der Waals surface area contributed by atoms with Crippen molar-refractivity contribution in [2.45, 2.75) is 52.4 Å².